The number of rotatable bonds is 3. The zero-order valence-corrected chi connectivity index (χ0v) is 14.4. The molecule has 2 heterocycles. The number of fused-ring (bicyclic) bond motifs is 1. The molecule has 0 N–H and O–H groups in total. The molecule has 1 saturated heterocycles. The second kappa shape index (κ2) is 6.01. The first-order chi connectivity index (χ1) is 12.5. The zero-order valence-electron chi connectivity index (χ0n) is 14.4. The molecule has 2 amide bonds. The van der Waals surface area contributed by atoms with Crippen molar-refractivity contribution in [2.45, 2.75) is 32.5 Å². The molecule has 2 aromatic carbocycles. The minimum Gasteiger partial charge on any atom is -0.271 e. The first-order valence-corrected chi connectivity index (χ1v) is 8.32. The van der Waals surface area contributed by atoms with Crippen molar-refractivity contribution in [1.82, 2.24) is 5.01 Å². The highest BCUT2D eigenvalue weighted by Crippen LogP contribution is 2.33. The van der Waals surface area contributed by atoms with Gasteiger partial charge in [0.05, 0.1) is 12.2 Å². The lowest BCUT2D eigenvalue weighted by Gasteiger charge is -2.21. The molecule has 0 unspecified atom stereocenters. The second-order valence-electron chi connectivity index (χ2n) is 6.60. The number of carbonyl (C=O) groups excluding carboxylic acids is 2. The number of carbonyl (C=O) groups is 2. The van der Waals surface area contributed by atoms with Gasteiger partial charge in [-0.2, -0.15) is 5.11 Å². The minimum atomic E-state index is -0.829. The van der Waals surface area contributed by atoms with Crippen LogP contribution in [0.4, 0.5) is 10.1 Å². The van der Waals surface area contributed by atoms with E-state index in [1.54, 1.807) is 18.2 Å². The van der Waals surface area contributed by atoms with Gasteiger partial charge in [0.2, 0.25) is 0 Å². The van der Waals surface area contributed by atoms with Gasteiger partial charge in [-0.1, -0.05) is 23.4 Å². The number of amides is 2. The molecule has 4 rings (SSSR count). The summed E-state index contributed by atoms with van der Waals surface area (Å²) in [6.07, 6.45) is 0. The molecule has 0 radical (unpaired) electrons. The summed E-state index contributed by atoms with van der Waals surface area (Å²) >= 11 is 0. The van der Waals surface area contributed by atoms with E-state index in [4.69, 9.17) is 0 Å². The van der Waals surface area contributed by atoms with Crippen LogP contribution in [-0.4, -0.2) is 28.9 Å². The Hall–Kier alpha value is -3.09. The van der Waals surface area contributed by atoms with Gasteiger partial charge in [0.25, 0.3) is 11.8 Å². The lowest BCUT2D eigenvalue weighted by atomic mass is 10.1. The van der Waals surface area contributed by atoms with Gasteiger partial charge >= 0.3 is 0 Å². The molecule has 2 aliphatic rings. The summed E-state index contributed by atoms with van der Waals surface area (Å²) in [5, 5.41) is 9.50. The number of imide groups is 1. The van der Waals surface area contributed by atoms with Crippen LogP contribution < -0.4 is 4.90 Å². The number of hydrogen-bond donors (Lipinski definition) is 0. The van der Waals surface area contributed by atoms with Crippen molar-refractivity contribution in [3.63, 3.8) is 0 Å². The summed E-state index contributed by atoms with van der Waals surface area (Å²) < 4.78 is 13.1. The molecule has 6 nitrogen and oxygen atoms in total. The van der Waals surface area contributed by atoms with Gasteiger partial charge in [0.15, 0.2) is 12.1 Å². The van der Waals surface area contributed by atoms with E-state index in [0.717, 1.165) is 16.7 Å². The summed E-state index contributed by atoms with van der Waals surface area (Å²) in [4.78, 5) is 26.8. The van der Waals surface area contributed by atoms with Gasteiger partial charge in [-0.05, 0) is 54.8 Å². The number of hydrogen-bond acceptors (Lipinski definition) is 5. The van der Waals surface area contributed by atoms with Crippen molar-refractivity contribution < 1.29 is 14.0 Å². The number of aryl methyl sites for hydroxylation is 2. The molecule has 0 bridgehead atoms. The fourth-order valence-electron chi connectivity index (χ4n) is 3.25. The Labute approximate surface area is 149 Å². The van der Waals surface area contributed by atoms with E-state index in [0.29, 0.717) is 5.69 Å². The van der Waals surface area contributed by atoms with E-state index in [1.165, 1.54) is 22.0 Å². The predicted octanol–water partition coefficient (Wildman–Crippen LogP) is 2.94. The molecule has 0 saturated carbocycles. The zero-order chi connectivity index (χ0) is 18.4. The Bertz CT molecular complexity index is 926. The van der Waals surface area contributed by atoms with Gasteiger partial charge in [0, 0.05) is 0 Å². The van der Waals surface area contributed by atoms with Crippen LogP contribution in [-0.2, 0) is 16.1 Å². The van der Waals surface area contributed by atoms with Crippen LogP contribution in [0.5, 0.6) is 0 Å². The van der Waals surface area contributed by atoms with Crippen molar-refractivity contribution in [2.75, 3.05) is 4.90 Å². The lowest BCUT2D eigenvalue weighted by molar-refractivity contribution is -0.123. The minimum absolute atomic E-state index is 0.282. The Morgan fingerprint density at radius 3 is 2.42 bits per heavy atom. The molecule has 26 heavy (non-hydrogen) atoms. The Balaban J connectivity index is 1.60. The van der Waals surface area contributed by atoms with E-state index in [1.807, 2.05) is 26.0 Å². The Morgan fingerprint density at radius 2 is 1.73 bits per heavy atom. The SMILES string of the molecule is Cc1ccc(N2C(=O)[C@@H]3N=NN(Cc4ccc(F)cc4)[C@H]3C2=O)cc1C. The maximum atomic E-state index is 13.1. The molecule has 132 valence electrons. The summed E-state index contributed by atoms with van der Waals surface area (Å²) in [5.41, 5.74) is 3.43. The van der Waals surface area contributed by atoms with Gasteiger partial charge in [-0.3, -0.25) is 14.6 Å². The van der Waals surface area contributed by atoms with E-state index in [9.17, 15) is 14.0 Å². The van der Waals surface area contributed by atoms with Crippen LogP contribution >= 0.6 is 0 Å². The normalized spacial score (nSPS) is 21.7. The predicted molar refractivity (Wildman–Crippen MR) is 92.8 cm³/mol. The average molecular weight is 352 g/mol. The Kier molecular flexibility index (Phi) is 3.79. The maximum absolute atomic E-state index is 13.1. The highest BCUT2D eigenvalue weighted by atomic mass is 19.1. The van der Waals surface area contributed by atoms with E-state index < -0.39 is 12.1 Å². The molecule has 0 spiro atoms. The van der Waals surface area contributed by atoms with Crippen molar-refractivity contribution in [1.29, 1.82) is 0 Å². The fourth-order valence-corrected chi connectivity index (χ4v) is 3.25. The van der Waals surface area contributed by atoms with Gasteiger partial charge in [-0.15, -0.1) is 0 Å². The van der Waals surface area contributed by atoms with Crippen LogP contribution in [0.3, 0.4) is 0 Å². The monoisotopic (exact) mass is 352 g/mol. The highest BCUT2D eigenvalue weighted by Gasteiger charge is 2.54. The highest BCUT2D eigenvalue weighted by molar-refractivity contribution is 6.25. The van der Waals surface area contributed by atoms with Gasteiger partial charge in [-0.25, -0.2) is 9.29 Å². The molecule has 2 aliphatic heterocycles. The largest absolute Gasteiger partial charge is 0.271 e. The lowest BCUT2D eigenvalue weighted by Crippen LogP contribution is -2.39. The van der Waals surface area contributed by atoms with E-state index in [-0.39, 0.29) is 24.2 Å². The number of halogens is 1. The molecular formula is C19H17FN4O2. The van der Waals surface area contributed by atoms with E-state index >= 15 is 0 Å². The molecular weight excluding hydrogens is 335 g/mol. The second-order valence-corrected chi connectivity index (χ2v) is 6.60. The van der Waals surface area contributed by atoms with Gasteiger partial charge < -0.3 is 0 Å². The van der Waals surface area contributed by atoms with Crippen LogP contribution in [0.25, 0.3) is 0 Å². The fraction of sp³-hybridized carbons (Fsp3) is 0.263. The smallest absolute Gasteiger partial charge is 0.263 e. The number of benzene rings is 2. The Morgan fingerprint density at radius 1 is 1.00 bits per heavy atom. The summed E-state index contributed by atoms with van der Waals surface area (Å²) in [6, 6.07) is 9.84. The van der Waals surface area contributed by atoms with Crippen molar-refractivity contribution in [2.24, 2.45) is 10.3 Å². The van der Waals surface area contributed by atoms with Crippen LogP contribution in [0.15, 0.2) is 52.8 Å². The van der Waals surface area contributed by atoms with Crippen molar-refractivity contribution >= 4 is 17.5 Å². The molecule has 0 aliphatic carbocycles. The van der Waals surface area contributed by atoms with Gasteiger partial charge in [0.1, 0.15) is 5.82 Å². The van der Waals surface area contributed by atoms with Crippen LogP contribution in [0.1, 0.15) is 16.7 Å². The van der Waals surface area contributed by atoms with Crippen LogP contribution in [0.2, 0.25) is 0 Å². The molecule has 2 atom stereocenters. The molecule has 2 aromatic rings. The molecule has 0 aromatic heterocycles. The topological polar surface area (TPSA) is 65.3 Å². The van der Waals surface area contributed by atoms with Crippen molar-refractivity contribution in [3.8, 4) is 0 Å². The third-order valence-corrected chi connectivity index (χ3v) is 4.86. The molecule has 1 fully saturated rings. The van der Waals surface area contributed by atoms with E-state index in [2.05, 4.69) is 10.3 Å². The number of anilines is 1. The summed E-state index contributed by atoms with van der Waals surface area (Å²) in [6.45, 7) is 4.19. The maximum Gasteiger partial charge on any atom is 0.263 e. The first-order valence-electron chi connectivity index (χ1n) is 8.32. The third-order valence-electron chi connectivity index (χ3n) is 4.86. The number of nitrogens with zero attached hydrogens (tertiary/aromatic N) is 4. The molecule has 7 heteroatoms. The standard InChI is InChI=1S/C19H17FN4O2/c1-11-3-8-15(9-12(11)2)24-18(25)16-17(19(24)26)23(22-21-16)10-13-4-6-14(20)7-5-13/h3-9,16-17H,10H2,1-2H3/t16-,17-/m1/s1. The average Bonchev–Trinajstić information content (AvgIpc) is 3.13. The quantitative estimate of drug-likeness (QED) is 0.798. The summed E-state index contributed by atoms with van der Waals surface area (Å²) in [5.74, 6) is -1.04. The van der Waals surface area contributed by atoms with Crippen LogP contribution in [0, 0.1) is 19.7 Å². The summed E-state index contributed by atoms with van der Waals surface area (Å²) in [7, 11) is 0. The third kappa shape index (κ3) is 2.56. The van der Waals surface area contributed by atoms with Crippen molar-refractivity contribution in [3.05, 3.63) is 65.0 Å². The first kappa shape index (κ1) is 16.4.